The van der Waals surface area contributed by atoms with E-state index in [0.29, 0.717) is 32.6 Å². The van der Waals surface area contributed by atoms with E-state index in [9.17, 15) is 18.3 Å². The summed E-state index contributed by atoms with van der Waals surface area (Å²) < 4.78 is 54.3. The zero-order valence-electron chi connectivity index (χ0n) is 19.2. The van der Waals surface area contributed by atoms with Gasteiger partial charge in [0.05, 0.1) is 24.9 Å². The van der Waals surface area contributed by atoms with Gasteiger partial charge in [-0.3, -0.25) is 0 Å². The second-order valence-corrected chi connectivity index (χ2v) is 10.1. The van der Waals surface area contributed by atoms with Crippen molar-refractivity contribution in [3.63, 3.8) is 0 Å². The number of alkyl halides is 3. The molecule has 0 saturated carbocycles. The molecule has 0 aliphatic carbocycles. The predicted octanol–water partition coefficient (Wildman–Crippen LogP) is 6.33. The Morgan fingerprint density at radius 1 is 1.15 bits per heavy atom. The molecule has 5 nitrogen and oxygen atoms in total. The van der Waals surface area contributed by atoms with Gasteiger partial charge in [-0.2, -0.15) is 13.2 Å². The highest BCUT2D eigenvalue weighted by atomic mass is 79.9. The van der Waals surface area contributed by atoms with E-state index in [2.05, 4.69) is 25.9 Å². The van der Waals surface area contributed by atoms with Gasteiger partial charge in [-0.1, -0.05) is 29.8 Å². The van der Waals surface area contributed by atoms with Gasteiger partial charge in [-0.05, 0) is 49.9 Å². The number of aromatic amines is 1. The second kappa shape index (κ2) is 9.18. The van der Waals surface area contributed by atoms with Crippen LogP contribution in [0.1, 0.15) is 45.4 Å². The number of H-pyrrole nitrogens is 1. The second-order valence-electron chi connectivity index (χ2n) is 9.18. The number of ether oxygens (including phenoxy) is 2. The highest BCUT2D eigenvalue weighted by Gasteiger charge is 2.56. The number of benzene rings is 1. The average molecular weight is 529 g/mol. The molecule has 0 aliphatic heterocycles. The molecule has 1 atom stereocenters. The van der Waals surface area contributed by atoms with E-state index in [1.54, 1.807) is 44.2 Å². The Kier molecular flexibility index (Phi) is 7.05. The van der Waals surface area contributed by atoms with Crippen molar-refractivity contribution >= 4 is 26.8 Å². The Morgan fingerprint density at radius 2 is 1.85 bits per heavy atom. The summed E-state index contributed by atoms with van der Waals surface area (Å²) in [5, 5.41) is 11.7. The molecular formula is C24H28BrF3N2O3. The van der Waals surface area contributed by atoms with Crippen LogP contribution in [0, 0.1) is 0 Å². The fourth-order valence-electron chi connectivity index (χ4n) is 4.09. The highest BCUT2D eigenvalue weighted by Crippen LogP contribution is 2.45. The van der Waals surface area contributed by atoms with E-state index < -0.39 is 30.0 Å². The Hall–Kier alpha value is -2.26. The van der Waals surface area contributed by atoms with Crippen molar-refractivity contribution in [2.45, 2.75) is 63.8 Å². The van der Waals surface area contributed by atoms with Gasteiger partial charge in [0.15, 0.2) is 5.60 Å². The van der Waals surface area contributed by atoms with Gasteiger partial charge in [-0.15, -0.1) is 0 Å². The first-order valence-corrected chi connectivity index (χ1v) is 11.3. The lowest BCUT2D eigenvalue weighted by atomic mass is 9.73. The van der Waals surface area contributed by atoms with Crippen molar-refractivity contribution in [3.8, 4) is 11.6 Å². The Balaban J connectivity index is 1.96. The van der Waals surface area contributed by atoms with Crippen LogP contribution in [0.5, 0.6) is 11.6 Å². The first-order chi connectivity index (χ1) is 15.2. The van der Waals surface area contributed by atoms with Crippen molar-refractivity contribution < 1.29 is 27.8 Å². The smallest absolute Gasteiger partial charge is 0.417 e. The van der Waals surface area contributed by atoms with E-state index in [4.69, 9.17) is 9.47 Å². The van der Waals surface area contributed by atoms with Crippen LogP contribution in [0.25, 0.3) is 10.9 Å². The first kappa shape index (κ1) is 25.4. The summed E-state index contributed by atoms with van der Waals surface area (Å²) in [5.41, 5.74) is -2.64. The van der Waals surface area contributed by atoms with Gasteiger partial charge < -0.3 is 19.6 Å². The summed E-state index contributed by atoms with van der Waals surface area (Å²) in [6.07, 6.45) is -4.62. The first-order valence-electron chi connectivity index (χ1n) is 10.5. The maximum atomic E-state index is 14.2. The molecule has 33 heavy (non-hydrogen) atoms. The number of pyridine rings is 1. The van der Waals surface area contributed by atoms with Crippen LogP contribution in [-0.2, 0) is 11.8 Å². The summed E-state index contributed by atoms with van der Waals surface area (Å²) in [7, 11) is 1.47. The molecule has 2 aromatic heterocycles. The number of aromatic nitrogens is 2. The van der Waals surface area contributed by atoms with Crippen LogP contribution in [0.15, 0.2) is 41.0 Å². The Bertz CT molecular complexity index is 1130. The summed E-state index contributed by atoms with van der Waals surface area (Å²) >= 11 is 3.37. The van der Waals surface area contributed by atoms with Crippen LogP contribution < -0.4 is 9.47 Å². The highest BCUT2D eigenvalue weighted by molar-refractivity contribution is 9.10. The van der Waals surface area contributed by atoms with Gasteiger partial charge in [0.25, 0.3) is 0 Å². The molecule has 3 rings (SSSR count). The van der Waals surface area contributed by atoms with E-state index in [-0.39, 0.29) is 11.8 Å². The van der Waals surface area contributed by atoms with E-state index >= 15 is 0 Å². The normalized spacial score (nSPS) is 14.5. The Labute approximate surface area is 199 Å². The lowest BCUT2D eigenvalue weighted by Crippen LogP contribution is -2.51. The summed E-state index contributed by atoms with van der Waals surface area (Å²) in [6.45, 7) is 7.05. The molecule has 0 bridgehead atoms. The standard InChI is InChI=1S/C24H28BrF3N2O3/c1-14(2)33-21-9-15-8-17(30-19(15)12-29-21)11-23(31,24(26,27)28)13-22(3,4)18-10-16(25)6-7-20(18)32-5/h6-10,12,14,30-31H,11,13H2,1-5H3. The number of halogens is 4. The predicted molar refractivity (Wildman–Crippen MR) is 125 cm³/mol. The van der Waals surface area contributed by atoms with Crippen LogP contribution in [0.3, 0.4) is 0 Å². The number of nitrogens with one attached hydrogen (secondary N) is 1. The number of aliphatic hydroxyl groups is 1. The summed E-state index contributed by atoms with van der Waals surface area (Å²) in [5.74, 6) is 0.846. The van der Waals surface area contributed by atoms with Gasteiger partial charge in [-0.25, -0.2) is 4.98 Å². The van der Waals surface area contributed by atoms with Crippen LogP contribution in [0.2, 0.25) is 0 Å². The zero-order valence-corrected chi connectivity index (χ0v) is 20.8. The fraction of sp³-hybridized carbons (Fsp3) is 0.458. The zero-order chi connectivity index (χ0) is 24.6. The average Bonchev–Trinajstić information content (AvgIpc) is 3.07. The number of nitrogens with zero attached hydrogens (tertiary/aromatic N) is 1. The van der Waals surface area contributed by atoms with Crippen LogP contribution in [-0.4, -0.2) is 40.1 Å². The molecule has 9 heteroatoms. The van der Waals surface area contributed by atoms with Crippen LogP contribution >= 0.6 is 15.9 Å². The third kappa shape index (κ3) is 5.63. The molecule has 0 radical (unpaired) electrons. The van der Waals surface area contributed by atoms with Crippen LogP contribution in [0.4, 0.5) is 13.2 Å². The molecule has 0 saturated heterocycles. The van der Waals surface area contributed by atoms with Gasteiger partial charge in [0, 0.05) is 33.6 Å². The van der Waals surface area contributed by atoms with Crippen molar-refractivity contribution in [3.05, 3.63) is 52.3 Å². The summed E-state index contributed by atoms with van der Waals surface area (Å²) in [6, 6.07) is 8.42. The third-order valence-electron chi connectivity index (χ3n) is 5.53. The van der Waals surface area contributed by atoms with Crippen molar-refractivity contribution in [2.24, 2.45) is 0 Å². The van der Waals surface area contributed by atoms with Crippen molar-refractivity contribution in [1.82, 2.24) is 9.97 Å². The maximum absolute atomic E-state index is 14.2. The fourth-order valence-corrected chi connectivity index (χ4v) is 4.45. The number of rotatable bonds is 8. The van der Waals surface area contributed by atoms with Gasteiger partial charge >= 0.3 is 6.18 Å². The minimum atomic E-state index is -4.86. The number of fused-ring (bicyclic) bond motifs is 1. The number of methoxy groups -OCH3 is 1. The largest absolute Gasteiger partial charge is 0.496 e. The minimum absolute atomic E-state index is 0.0825. The molecule has 1 aromatic carbocycles. The maximum Gasteiger partial charge on any atom is 0.417 e. The third-order valence-corrected chi connectivity index (χ3v) is 6.02. The molecule has 2 N–H and O–H groups in total. The lowest BCUT2D eigenvalue weighted by molar-refractivity contribution is -0.266. The molecule has 0 fully saturated rings. The lowest BCUT2D eigenvalue weighted by Gasteiger charge is -2.38. The van der Waals surface area contributed by atoms with Gasteiger partial charge in [0.2, 0.25) is 5.88 Å². The minimum Gasteiger partial charge on any atom is -0.496 e. The molecule has 0 amide bonds. The molecule has 180 valence electrons. The van der Waals surface area contributed by atoms with Gasteiger partial charge in [0.1, 0.15) is 5.75 Å². The Morgan fingerprint density at radius 3 is 2.45 bits per heavy atom. The molecule has 0 aliphatic rings. The molecule has 3 aromatic rings. The van der Waals surface area contributed by atoms with E-state index in [1.165, 1.54) is 13.3 Å². The quantitative estimate of drug-likeness (QED) is 0.358. The van der Waals surface area contributed by atoms with Crippen molar-refractivity contribution in [1.29, 1.82) is 0 Å². The van der Waals surface area contributed by atoms with E-state index in [0.717, 1.165) is 0 Å². The van der Waals surface area contributed by atoms with Crippen molar-refractivity contribution in [2.75, 3.05) is 7.11 Å². The SMILES string of the molecule is COc1ccc(Br)cc1C(C)(C)CC(O)(Cc1cc2cc(OC(C)C)ncc2[nH]1)C(F)(F)F. The monoisotopic (exact) mass is 528 g/mol. The van der Waals surface area contributed by atoms with E-state index in [1.807, 2.05) is 13.8 Å². The summed E-state index contributed by atoms with van der Waals surface area (Å²) in [4.78, 5) is 7.13. The molecule has 2 heterocycles. The molecule has 1 unspecified atom stereocenters. The number of hydrogen-bond donors (Lipinski definition) is 2. The molecule has 0 spiro atoms. The molecular weight excluding hydrogens is 501 g/mol. The number of hydrogen-bond acceptors (Lipinski definition) is 4. The topological polar surface area (TPSA) is 67.4 Å².